The number of phenols is 1. The Labute approximate surface area is 178 Å². The number of nitrogens with two attached hydrogens (primary N) is 1. The molecule has 1 amide bonds. The molecule has 2 aromatic carbocycles. The summed E-state index contributed by atoms with van der Waals surface area (Å²) in [5, 5.41) is 9.53. The predicted octanol–water partition coefficient (Wildman–Crippen LogP) is 4.86. The molecule has 0 bridgehead atoms. The molecule has 30 heavy (non-hydrogen) atoms. The van der Waals surface area contributed by atoms with Gasteiger partial charge < -0.3 is 20.1 Å². The van der Waals surface area contributed by atoms with Crippen molar-refractivity contribution in [3.63, 3.8) is 0 Å². The molecule has 0 saturated carbocycles. The molecule has 0 aliphatic heterocycles. The van der Waals surface area contributed by atoms with E-state index in [0.717, 1.165) is 66.1 Å². The molecular formula is C25H30N2O3. The van der Waals surface area contributed by atoms with Gasteiger partial charge in [0, 0.05) is 23.5 Å². The molecule has 3 rings (SSSR count). The third-order valence-electron chi connectivity index (χ3n) is 5.58. The second-order valence-corrected chi connectivity index (χ2v) is 7.55. The SMILES string of the molecule is CCCCc1c(-c2ccc(OC)cc2)c(C(N)=O)c(C)n1CCc1ccc(O)cc1. The first-order valence-electron chi connectivity index (χ1n) is 10.4. The number of nitrogens with zero attached hydrogens (tertiary/aromatic N) is 1. The smallest absolute Gasteiger partial charge is 0.251 e. The lowest BCUT2D eigenvalue weighted by Gasteiger charge is -2.14. The molecule has 0 radical (unpaired) electrons. The van der Waals surface area contributed by atoms with Gasteiger partial charge in [-0.05, 0) is 61.6 Å². The summed E-state index contributed by atoms with van der Waals surface area (Å²) in [5.41, 5.74) is 11.5. The molecule has 3 aromatic rings. The lowest BCUT2D eigenvalue weighted by atomic mass is 9.97. The molecule has 0 fully saturated rings. The molecule has 0 unspecified atom stereocenters. The summed E-state index contributed by atoms with van der Waals surface area (Å²) in [4.78, 5) is 12.4. The van der Waals surface area contributed by atoms with E-state index in [1.807, 2.05) is 43.3 Å². The lowest BCUT2D eigenvalue weighted by Crippen LogP contribution is -2.14. The average molecular weight is 407 g/mol. The van der Waals surface area contributed by atoms with Crippen molar-refractivity contribution in [1.29, 1.82) is 0 Å². The minimum absolute atomic E-state index is 0.261. The molecule has 0 aliphatic carbocycles. The van der Waals surface area contributed by atoms with Gasteiger partial charge in [-0.2, -0.15) is 0 Å². The summed E-state index contributed by atoms with van der Waals surface area (Å²) in [6.07, 6.45) is 3.77. The highest BCUT2D eigenvalue weighted by Gasteiger charge is 2.24. The Bertz CT molecular complexity index is 1000. The highest BCUT2D eigenvalue weighted by Crippen LogP contribution is 2.35. The monoisotopic (exact) mass is 406 g/mol. The van der Waals surface area contributed by atoms with Gasteiger partial charge in [-0.15, -0.1) is 0 Å². The van der Waals surface area contributed by atoms with Crippen molar-refractivity contribution in [3.8, 4) is 22.6 Å². The first-order chi connectivity index (χ1) is 14.5. The zero-order valence-corrected chi connectivity index (χ0v) is 17.9. The van der Waals surface area contributed by atoms with Crippen molar-refractivity contribution in [2.45, 2.75) is 46.1 Å². The summed E-state index contributed by atoms with van der Waals surface area (Å²) in [7, 11) is 1.64. The molecule has 0 saturated heterocycles. The van der Waals surface area contributed by atoms with Gasteiger partial charge in [-0.3, -0.25) is 4.79 Å². The maximum Gasteiger partial charge on any atom is 0.251 e. The van der Waals surface area contributed by atoms with Crippen molar-refractivity contribution in [2.24, 2.45) is 5.73 Å². The number of aromatic hydroxyl groups is 1. The van der Waals surface area contributed by atoms with Gasteiger partial charge in [0.2, 0.25) is 0 Å². The van der Waals surface area contributed by atoms with Crippen molar-refractivity contribution >= 4 is 5.91 Å². The van der Waals surface area contributed by atoms with Crippen LogP contribution in [0.15, 0.2) is 48.5 Å². The van der Waals surface area contributed by atoms with Crippen LogP contribution in [-0.4, -0.2) is 22.7 Å². The third kappa shape index (κ3) is 4.51. The summed E-state index contributed by atoms with van der Waals surface area (Å²) >= 11 is 0. The number of amides is 1. The first kappa shape index (κ1) is 21.5. The van der Waals surface area contributed by atoms with E-state index in [1.165, 1.54) is 0 Å². The van der Waals surface area contributed by atoms with Crippen molar-refractivity contribution < 1.29 is 14.6 Å². The zero-order valence-electron chi connectivity index (χ0n) is 17.9. The molecule has 0 aliphatic rings. The van der Waals surface area contributed by atoms with Crippen LogP contribution in [0, 0.1) is 6.92 Å². The molecule has 3 N–H and O–H groups in total. The number of rotatable bonds is 9. The highest BCUT2D eigenvalue weighted by molar-refractivity contribution is 6.02. The molecule has 1 aromatic heterocycles. The molecule has 5 heteroatoms. The van der Waals surface area contributed by atoms with Crippen LogP contribution >= 0.6 is 0 Å². The standard InChI is InChI=1S/C25H30N2O3/c1-4-5-6-22-24(19-9-13-21(30-3)14-10-19)23(25(26)29)17(2)27(22)16-15-18-7-11-20(28)12-8-18/h7-14,28H,4-6,15-16H2,1-3H3,(H2,26,29). The topological polar surface area (TPSA) is 77.5 Å². The maximum atomic E-state index is 12.4. The number of phenolic OH excluding ortho intramolecular Hbond substituents is 1. The Kier molecular flexibility index (Phi) is 6.83. The lowest BCUT2D eigenvalue weighted by molar-refractivity contribution is 0.1000. The van der Waals surface area contributed by atoms with Gasteiger partial charge >= 0.3 is 0 Å². The van der Waals surface area contributed by atoms with E-state index in [4.69, 9.17) is 10.5 Å². The highest BCUT2D eigenvalue weighted by atomic mass is 16.5. The normalized spacial score (nSPS) is 10.9. The van der Waals surface area contributed by atoms with E-state index in [9.17, 15) is 9.90 Å². The zero-order chi connectivity index (χ0) is 21.7. The second kappa shape index (κ2) is 9.53. The molecule has 5 nitrogen and oxygen atoms in total. The number of unbranched alkanes of at least 4 members (excludes halogenated alkanes) is 1. The van der Waals surface area contributed by atoms with Crippen molar-refractivity contribution in [1.82, 2.24) is 4.57 Å². The maximum absolute atomic E-state index is 12.4. The minimum Gasteiger partial charge on any atom is -0.508 e. The number of primary amides is 1. The van der Waals surface area contributed by atoms with E-state index < -0.39 is 5.91 Å². The number of carbonyl (C=O) groups excluding carboxylic acids is 1. The number of carbonyl (C=O) groups is 1. The summed E-state index contributed by atoms with van der Waals surface area (Å²) in [5.74, 6) is 0.634. The van der Waals surface area contributed by atoms with Gasteiger partial charge in [0.25, 0.3) is 5.91 Å². The number of ether oxygens (including phenoxy) is 1. The van der Waals surface area contributed by atoms with Crippen molar-refractivity contribution in [2.75, 3.05) is 7.11 Å². The van der Waals surface area contributed by atoms with Crippen LogP contribution in [0.25, 0.3) is 11.1 Å². The largest absolute Gasteiger partial charge is 0.508 e. The van der Waals surface area contributed by atoms with Crippen LogP contribution in [0.2, 0.25) is 0 Å². The van der Waals surface area contributed by atoms with Crippen LogP contribution < -0.4 is 10.5 Å². The number of benzene rings is 2. The van der Waals surface area contributed by atoms with E-state index >= 15 is 0 Å². The third-order valence-corrected chi connectivity index (χ3v) is 5.58. The minimum atomic E-state index is -0.403. The van der Waals surface area contributed by atoms with Gasteiger partial charge in [0.05, 0.1) is 12.7 Å². The fourth-order valence-electron chi connectivity index (χ4n) is 3.98. The van der Waals surface area contributed by atoms with Crippen molar-refractivity contribution in [3.05, 3.63) is 71.0 Å². The molecule has 0 spiro atoms. The van der Waals surface area contributed by atoms with Gasteiger partial charge in [0.1, 0.15) is 11.5 Å². The van der Waals surface area contributed by atoms with E-state index in [2.05, 4.69) is 11.5 Å². The van der Waals surface area contributed by atoms with E-state index in [1.54, 1.807) is 19.2 Å². The van der Waals surface area contributed by atoms with Crippen LogP contribution in [-0.2, 0) is 19.4 Å². The summed E-state index contributed by atoms with van der Waals surface area (Å²) < 4.78 is 7.53. The Morgan fingerprint density at radius 1 is 1.07 bits per heavy atom. The Balaban J connectivity index is 2.07. The number of hydrogen-bond donors (Lipinski definition) is 2. The van der Waals surface area contributed by atoms with Gasteiger partial charge in [0.15, 0.2) is 0 Å². The molecular weight excluding hydrogens is 376 g/mol. The number of hydrogen-bond acceptors (Lipinski definition) is 3. The van der Waals surface area contributed by atoms with Crippen LogP contribution in [0.5, 0.6) is 11.5 Å². The Morgan fingerprint density at radius 2 is 1.73 bits per heavy atom. The van der Waals surface area contributed by atoms with Crippen LogP contribution in [0.4, 0.5) is 0 Å². The average Bonchev–Trinajstić information content (AvgIpc) is 3.03. The molecule has 1 heterocycles. The fourth-order valence-corrected chi connectivity index (χ4v) is 3.98. The Hall–Kier alpha value is -3.21. The second-order valence-electron chi connectivity index (χ2n) is 7.55. The van der Waals surface area contributed by atoms with Crippen LogP contribution in [0.1, 0.15) is 47.1 Å². The summed E-state index contributed by atoms with van der Waals surface area (Å²) in [6.45, 7) is 4.88. The quantitative estimate of drug-likeness (QED) is 0.533. The van der Waals surface area contributed by atoms with Gasteiger partial charge in [-0.1, -0.05) is 37.6 Å². The number of aryl methyl sites for hydroxylation is 1. The summed E-state index contributed by atoms with van der Waals surface area (Å²) in [6, 6.07) is 15.1. The van der Waals surface area contributed by atoms with E-state index in [0.29, 0.717) is 5.56 Å². The first-order valence-corrected chi connectivity index (χ1v) is 10.4. The Morgan fingerprint density at radius 3 is 2.30 bits per heavy atom. The number of aromatic nitrogens is 1. The molecule has 158 valence electrons. The van der Waals surface area contributed by atoms with E-state index in [-0.39, 0.29) is 5.75 Å². The predicted molar refractivity (Wildman–Crippen MR) is 120 cm³/mol. The molecule has 0 atom stereocenters. The fraction of sp³-hybridized carbons (Fsp3) is 0.320. The van der Waals surface area contributed by atoms with Gasteiger partial charge in [-0.25, -0.2) is 0 Å². The van der Waals surface area contributed by atoms with Crippen LogP contribution in [0.3, 0.4) is 0 Å². The number of methoxy groups -OCH3 is 1.